The van der Waals surface area contributed by atoms with Crippen molar-refractivity contribution in [3.05, 3.63) is 24.3 Å². The van der Waals surface area contributed by atoms with Gasteiger partial charge in [0.05, 0.1) is 5.75 Å². The van der Waals surface area contributed by atoms with Crippen molar-refractivity contribution in [2.45, 2.75) is 24.8 Å². The van der Waals surface area contributed by atoms with Crippen LogP contribution < -0.4 is 15.8 Å². The lowest BCUT2D eigenvalue weighted by Crippen LogP contribution is -2.43. The summed E-state index contributed by atoms with van der Waals surface area (Å²) in [5.74, 6) is 0.200. The van der Waals surface area contributed by atoms with Crippen LogP contribution in [0, 0.1) is 0 Å². The summed E-state index contributed by atoms with van der Waals surface area (Å²) < 4.78 is 25.3. The number of benzene rings is 1. The monoisotopic (exact) mass is 317 g/mol. The summed E-state index contributed by atoms with van der Waals surface area (Å²) in [5.41, 5.74) is 6.26. The molecule has 0 fully saturated rings. The highest BCUT2D eigenvalue weighted by Crippen LogP contribution is 2.20. The first-order chi connectivity index (χ1) is 9.28. The Morgan fingerprint density at radius 3 is 2.70 bits per heavy atom. The molecule has 0 radical (unpaired) electrons. The van der Waals surface area contributed by atoms with Crippen molar-refractivity contribution in [1.82, 2.24) is 10.0 Å². The molecule has 0 heterocycles. The van der Waals surface area contributed by atoms with Crippen molar-refractivity contribution < 1.29 is 13.2 Å². The topological polar surface area (TPSA) is 101 Å². The number of urea groups is 1. The fourth-order valence-electron chi connectivity index (χ4n) is 1.36. The average molecular weight is 317 g/mol. The SMILES string of the molecule is CC(C)NC(=O)NS(=O)(=O)CCSc1cccc(N)c1. The van der Waals surface area contributed by atoms with Crippen molar-refractivity contribution in [3.8, 4) is 0 Å². The molecule has 6 nitrogen and oxygen atoms in total. The molecular weight excluding hydrogens is 298 g/mol. The first kappa shape index (κ1) is 16.6. The first-order valence-electron chi connectivity index (χ1n) is 6.08. The molecule has 1 aromatic rings. The number of nitrogens with two attached hydrogens (primary N) is 1. The van der Waals surface area contributed by atoms with Gasteiger partial charge in [0.2, 0.25) is 10.0 Å². The second-order valence-corrected chi connectivity index (χ2v) is 7.48. The van der Waals surface area contributed by atoms with E-state index < -0.39 is 16.1 Å². The van der Waals surface area contributed by atoms with Gasteiger partial charge in [0.1, 0.15) is 0 Å². The lowest BCUT2D eigenvalue weighted by molar-refractivity contribution is 0.243. The molecule has 0 aliphatic heterocycles. The van der Waals surface area contributed by atoms with Crippen molar-refractivity contribution in [1.29, 1.82) is 0 Å². The number of thioether (sulfide) groups is 1. The molecule has 0 aliphatic carbocycles. The highest BCUT2D eigenvalue weighted by molar-refractivity contribution is 8.00. The number of amides is 2. The van der Waals surface area contributed by atoms with Gasteiger partial charge < -0.3 is 11.1 Å². The van der Waals surface area contributed by atoms with E-state index in [0.717, 1.165) is 4.90 Å². The van der Waals surface area contributed by atoms with Gasteiger partial charge in [0.25, 0.3) is 0 Å². The van der Waals surface area contributed by atoms with Crippen molar-refractivity contribution in [2.24, 2.45) is 0 Å². The molecule has 0 saturated carbocycles. The minimum atomic E-state index is -3.62. The number of rotatable bonds is 6. The fraction of sp³-hybridized carbons (Fsp3) is 0.417. The van der Waals surface area contributed by atoms with Crippen LogP contribution in [-0.2, 0) is 10.0 Å². The molecule has 2 amide bonds. The van der Waals surface area contributed by atoms with Crippen LogP contribution in [0.2, 0.25) is 0 Å². The van der Waals surface area contributed by atoms with E-state index in [9.17, 15) is 13.2 Å². The minimum Gasteiger partial charge on any atom is -0.399 e. The lowest BCUT2D eigenvalue weighted by atomic mass is 10.3. The highest BCUT2D eigenvalue weighted by Gasteiger charge is 2.14. The summed E-state index contributed by atoms with van der Waals surface area (Å²) in [6.07, 6.45) is 0. The van der Waals surface area contributed by atoms with E-state index >= 15 is 0 Å². The van der Waals surface area contributed by atoms with Crippen molar-refractivity contribution in [2.75, 3.05) is 17.2 Å². The molecule has 0 unspecified atom stereocenters. The number of hydrogen-bond donors (Lipinski definition) is 3. The molecule has 112 valence electrons. The number of anilines is 1. The maximum absolute atomic E-state index is 11.7. The van der Waals surface area contributed by atoms with Gasteiger partial charge in [-0.1, -0.05) is 6.07 Å². The fourth-order valence-corrected chi connectivity index (χ4v) is 3.64. The Kier molecular flexibility index (Phi) is 6.15. The van der Waals surface area contributed by atoms with E-state index in [1.54, 1.807) is 32.0 Å². The number of hydrogen-bond acceptors (Lipinski definition) is 5. The Morgan fingerprint density at radius 1 is 1.40 bits per heavy atom. The third-order valence-electron chi connectivity index (χ3n) is 2.15. The Bertz CT molecular complexity index is 559. The van der Waals surface area contributed by atoms with Crippen molar-refractivity contribution >= 4 is 33.5 Å². The molecule has 0 aliphatic rings. The van der Waals surface area contributed by atoms with Crippen LogP contribution in [0.1, 0.15) is 13.8 Å². The quantitative estimate of drug-likeness (QED) is 0.544. The summed E-state index contributed by atoms with van der Waals surface area (Å²) in [4.78, 5) is 12.2. The lowest BCUT2D eigenvalue weighted by Gasteiger charge is -2.10. The van der Waals surface area contributed by atoms with Gasteiger partial charge in [0, 0.05) is 22.4 Å². The molecule has 4 N–H and O–H groups in total. The number of carbonyl (C=O) groups excluding carboxylic acids is 1. The van der Waals surface area contributed by atoms with E-state index in [4.69, 9.17) is 5.73 Å². The van der Waals surface area contributed by atoms with Crippen LogP contribution in [0.25, 0.3) is 0 Å². The van der Waals surface area contributed by atoms with Crippen molar-refractivity contribution in [3.63, 3.8) is 0 Å². The number of nitrogens with one attached hydrogen (secondary N) is 2. The highest BCUT2D eigenvalue weighted by atomic mass is 32.2. The largest absolute Gasteiger partial charge is 0.399 e. The molecule has 0 atom stereocenters. The van der Waals surface area contributed by atoms with Crippen LogP contribution >= 0.6 is 11.8 Å². The molecule has 0 spiro atoms. The maximum Gasteiger partial charge on any atom is 0.328 e. The zero-order chi connectivity index (χ0) is 15.2. The zero-order valence-corrected chi connectivity index (χ0v) is 13.1. The third kappa shape index (κ3) is 6.67. The van der Waals surface area contributed by atoms with E-state index in [1.165, 1.54) is 11.8 Å². The summed E-state index contributed by atoms with van der Waals surface area (Å²) in [7, 11) is -3.62. The zero-order valence-electron chi connectivity index (χ0n) is 11.4. The Morgan fingerprint density at radius 2 is 2.10 bits per heavy atom. The predicted molar refractivity (Wildman–Crippen MR) is 82.2 cm³/mol. The van der Waals surface area contributed by atoms with Gasteiger partial charge in [0.15, 0.2) is 0 Å². The van der Waals surface area contributed by atoms with Crippen LogP contribution in [0.5, 0.6) is 0 Å². The van der Waals surface area contributed by atoms with Gasteiger partial charge in [-0.05, 0) is 32.0 Å². The summed E-state index contributed by atoms with van der Waals surface area (Å²) >= 11 is 1.37. The second-order valence-electron chi connectivity index (χ2n) is 4.47. The van der Waals surface area contributed by atoms with E-state index in [2.05, 4.69) is 5.32 Å². The number of carbonyl (C=O) groups is 1. The number of sulfonamides is 1. The Hall–Kier alpha value is -1.41. The second kappa shape index (κ2) is 7.39. The van der Waals surface area contributed by atoms with Gasteiger partial charge in [-0.2, -0.15) is 0 Å². The molecule has 20 heavy (non-hydrogen) atoms. The van der Waals surface area contributed by atoms with E-state index in [0.29, 0.717) is 11.4 Å². The Labute approximate surface area is 123 Å². The van der Waals surface area contributed by atoms with Gasteiger partial charge in [-0.25, -0.2) is 17.9 Å². The predicted octanol–water partition coefficient (Wildman–Crippen LogP) is 1.40. The van der Waals surface area contributed by atoms with Crippen LogP contribution in [0.3, 0.4) is 0 Å². The molecule has 8 heteroatoms. The summed E-state index contributed by atoms with van der Waals surface area (Å²) in [6.45, 7) is 3.50. The third-order valence-corrected chi connectivity index (χ3v) is 4.64. The first-order valence-corrected chi connectivity index (χ1v) is 8.71. The van der Waals surface area contributed by atoms with E-state index in [1.807, 2.05) is 10.8 Å². The summed E-state index contributed by atoms with van der Waals surface area (Å²) in [6, 6.07) is 6.38. The number of nitrogen functional groups attached to an aromatic ring is 1. The molecule has 0 saturated heterocycles. The average Bonchev–Trinajstić information content (AvgIpc) is 2.26. The molecular formula is C12H19N3O3S2. The van der Waals surface area contributed by atoms with E-state index in [-0.39, 0.29) is 11.8 Å². The van der Waals surface area contributed by atoms with Gasteiger partial charge in [-0.15, -0.1) is 11.8 Å². The summed E-state index contributed by atoms with van der Waals surface area (Å²) in [5, 5.41) is 2.46. The van der Waals surface area contributed by atoms with Crippen LogP contribution in [-0.4, -0.2) is 32.0 Å². The minimum absolute atomic E-state index is 0.119. The normalized spacial score (nSPS) is 11.3. The Balaban J connectivity index is 2.42. The maximum atomic E-state index is 11.7. The van der Waals surface area contributed by atoms with Gasteiger partial charge in [-0.3, -0.25) is 0 Å². The molecule has 0 aromatic heterocycles. The standard InChI is InChI=1S/C12H19N3O3S2/c1-9(2)14-12(16)15-20(17,18)7-6-19-11-5-3-4-10(13)8-11/h3-5,8-9H,6-7,13H2,1-2H3,(H2,14,15,16). The van der Waals surface area contributed by atoms with Gasteiger partial charge >= 0.3 is 6.03 Å². The smallest absolute Gasteiger partial charge is 0.328 e. The molecule has 1 rings (SSSR count). The molecule has 1 aromatic carbocycles. The van der Waals surface area contributed by atoms with Crippen LogP contribution in [0.4, 0.5) is 10.5 Å². The molecule has 0 bridgehead atoms. The van der Waals surface area contributed by atoms with Crippen LogP contribution in [0.15, 0.2) is 29.2 Å².